The first kappa shape index (κ1) is 20.7. The molecule has 6 nitrogen and oxygen atoms in total. The maximum Gasteiger partial charge on any atom is 0.324 e. The number of fused-ring (bicyclic) bond motifs is 1. The summed E-state index contributed by atoms with van der Waals surface area (Å²) in [5.41, 5.74) is 0.834. The lowest BCUT2D eigenvalue weighted by Crippen LogP contribution is -2.45. The number of thiazole rings is 1. The van der Waals surface area contributed by atoms with Gasteiger partial charge in [0.1, 0.15) is 17.7 Å². The molecule has 1 aromatic heterocycles. The van der Waals surface area contributed by atoms with Crippen LogP contribution in [-0.2, 0) is 26.2 Å². The molecular weight excluding hydrogens is 420 g/mol. The van der Waals surface area contributed by atoms with Crippen molar-refractivity contribution in [1.29, 1.82) is 0 Å². The zero-order valence-electron chi connectivity index (χ0n) is 15.3. The number of rotatable bonds is 7. The highest BCUT2D eigenvalue weighted by Gasteiger charge is 2.30. The molecule has 0 amide bonds. The van der Waals surface area contributed by atoms with E-state index in [1.165, 1.54) is 29.5 Å². The summed E-state index contributed by atoms with van der Waals surface area (Å²) in [5.74, 6) is -0.961. The van der Waals surface area contributed by atoms with E-state index in [0.717, 1.165) is 10.2 Å². The van der Waals surface area contributed by atoms with Gasteiger partial charge >= 0.3 is 5.97 Å². The molecule has 0 spiro atoms. The van der Waals surface area contributed by atoms with E-state index in [-0.39, 0.29) is 17.4 Å². The number of carbonyl (C=O) groups is 1. The number of para-hydroxylation sites is 1. The van der Waals surface area contributed by atoms with Crippen LogP contribution in [0.1, 0.15) is 18.9 Å². The Labute approximate surface area is 172 Å². The predicted octanol–water partition coefficient (Wildman–Crippen LogP) is 4.00. The molecule has 1 heterocycles. The number of nitrogens with one attached hydrogen (secondary N) is 1. The number of ether oxygens (including phenoxy) is 1. The number of aromatic nitrogens is 1. The summed E-state index contributed by atoms with van der Waals surface area (Å²) in [5, 5.41) is 0.942. The van der Waals surface area contributed by atoms with Crippen molar-refractivity contribution in [3.63, 3.8) is 0 Å². The molecule has 2 aromatic carbocycles. The lowest BCUT2D eigenvalue weighted by atomic mass is 10.1. The molecule has 0 aliphatic rings. The van der Waals surface area contributed by atoms with Crippen molar-refractivity contribution < 1.29 is 17.9 Å². The smallest absolute Gasteiger partial charge is 0.324 e. The Morgan fingerprint density at radius 2 is 1.96 bits per heavy atom. The lowest BCUT2D eigenvalue weighted by Gasteiger charge is -2.20. The van der Waals surface area contributed by atoms with Crippen molar-refractivity contribution in [3.8, 4) is 0 Å². The van der Waals surface area contributed by atoms with Crippen LogP contribution in [0.25, 0.3) is 10.2 Å². The van der Waals surface area contributed by atoms with E-state index >= 15 is 0 Å². The van der Waals surface area contributed by atoms with Crippen LogP contribution >= 0.6 is 22.9 Å². The molecule has 0 saturated carbocycles. The maximum absolute atomic E-state index is 12.6. The van der Waals surface area contributed by atoms with Gasteiger partial charge < -0.3 is 4.74 Å². The van der Waals surface area contributed by atoms with Crippen LogP contribution in [-0.4, -0.2) is 25.4 Å². The number of hydrogen-bond acceptors (Lipinski definition) is 6. The minimum atomic E-state index is -3.92. The summed E-state index contributed by atoms with van der Waals surface area (Å²) in [6.07, 6.45) is 0. The number of benzene rings is 2. The summed E-state index contributed by atoms with van der Waals surface area (Å²) < 4.78 is 34.0. The molecule has 3 aromatic rings. The second kappa shape index (κ2) is 8.57. The van der Waals surface area contributed by atoms with Gasteiger partial charge in [0.2, 0.25) is 10.0 Å². The molecule has 1 atom stereocenters. The van der Waals surface area contributed by atoms with Crippen LogP contribution in [0.3, 0.4) is 0 Å². The van der Waals surface area contributed by atoms with E-state index < -0.39 is 22.0 Å². The molecule has 0 aliphatic heterocycles. The van der Waals surface area contributed by atoms with Crippen molar-refractivity contribution in [2.75, 3.05) is 0 Å². The fourth-order valence-corrected chi connectivity index (χ4v) is 5.04. The molecule has 28 heavy (non-hydrogen) atoms. The molecule has 0 fully saturated rings. The van der Waals surface area contributed by atoms with Crippen LogP contribution in [0.5, 0.6) is 0 Å². The first-order chi connectivity index (χ1) is 13.3. The number of esters is 1. The predicted molar refractivity (Wildman–Crippen MR) is 110 cm³/mol. The van der Waals surface area contributed by atoms with Gasteiger partial charge in [0, 0.05) is 5.02 Å². The second-order valence-corrected chi connectivity index (χ2v) is 9.75. The highest BCUT2D eigenvalue weighted by atomic mass is 35.5. The zero-order valence-corrected chi connectivity index (χ0v) is 17.6. The van der Waals surface area contributed by atoms with E-state index in [1.54, 1.807) is 19.9 Å². The van der Waals surface area contributed by atoms with Crippen LogP contribution in [0.4, 0.5) is 0 Å². The number of carbonyl (C=O) groups excluding carboxylic acids is 1. The van der Waals surface area contributed by atoms with E-state index in [2.05, 4.69) is 9.71 Å². The van der Waals surface area contributed by atoms with Gasteiger partial charge in [-0.3, -0.25) is 4.79 Å². The third kappa shape index (κ3) is 4.88. The average molecular weight is 439 g/mol. The standard InChI is InChI=1S/C19H19ClN2O4S2/c1-12(2)18(22-28(24,25)14-7-5-6-13(20)10-14)19(23)26-11-17-21-15-8-3-4-9-16(15)27-17/h3-10,12,18,22H,11H2,1-2H3. The SMILES string of the molecule is CC(C)C(NS(=O)(=O)c1cccc(Cl)c1)C(=O)OCc1nc2ccccc2s1. The number of hydrogen-bond donors (Lipinski definition) is 1. The van der Waals surface area contributed by atoms with Crippen LogP contribution in [0.15, 0.2) is 53.4 Å². The first-order valence-electron chi connectivity index (χ1n) is 8.55. The van der Waals surface area contributed by atoms with Crippen molar-refractivity contribution in [2.24, 2.45) is 5.92 Å². The van der Waals surface area contributed by atoms with Gasteiger partial charge in [-0.05, 0) is 36.2 Å². The Hall–Kier alpha value is -2.00. The molecule has 0 bridgehead atoms. The van der Waals surface area contributed by atoms with Crippen molar-refractivity contribution in [3.05, 3.63) is 58.6 Å². The molecule has 1 unspecified atom stereocenters. The van der Waals surface area contributed by atoms with E-state index in [4.69, 9.17) is 16.3 Å². The van der Waals surface area contributed by atoms with E-state index in [0.29, 0.717) is 10.0 Å². The lowest BCUT2D eigenvalue weighted by molar-refractivity contribution is -0.148. The fourth-order valence-electron chi connectivity index (χ4n) is 2.53. The van der Waals surface area contributed by atoms with Gasteiger partial charge in [-0.1, -0.05) is 43.6 Å². The first-order valence-corrected chi connectivity index (χ1v) is 11.2. The Morgan fingerprint density at radius 3 is 2.64 bits per heavy atom. The molecule has 3 rings (SSSR count). The van der Waals surface area contributed by atoms with Crippen LogP contribution < -0.4 is 4.72 Å². The highest BCUT2D eigenvalue weighted by molar-refractivity contribution is 7.89. The van der Waals surface area contributed by atoms with Gasteiger partial charge in [0.25, 0.3) is 0 Å². The Kier molecular flexibility index (Phi) is 6.34. The van der Waals surface area contributed by atoms with Gasteiger partial charge in [-0.25, -0.2) is 13.4 Å². The Morgan fingerprint density at radius 1 is 1.21 bits per heavy atom. The fraction of sp³-hybridized carbons (Fsp3) is 0.263. The summed E-state index contributed by atoms with van der Waals surface area (Å²) >= 11 is 7.30. The molecule has 0 saturated heterocycles. The molecule has 148 valence electrons. The molecule has 0 aliphatic carbocycles. The summed E-state index contributed by atoms with van der Waals surface area (Å²) in [6.45, 7) is 3.47. The van der Waals surface area contributed by atoms with Crippen LogP contribution in [0, 0.1) is 5.92 Å². The van der Waals surface area contributed by atoms with Crippen molar-refractivity contribution >= 4 is 49.1 Å². The summed E-state index contributed by atoms with van der Waals surface area (Å²) in [4.78, 5) is 16.9. The van der Waals surface area contributed by atoms with E-state index in [9.17, 15) is 13.2 Å². The third-order valence-electron chi connectivity index (χ3n) is 3.99. The summed E-state index contributed by atoms with van der Waals surface area (Å²) in [7, 11) is -3.92. The van der Waals surface area contributed by atoms with Gasteiger partial charge in [-0.2, -0.15) is 4.72 Å². The molecular formula is C19H19ClN2O4S2. The Balaban J connectivity index is 1.71. The van der Waals surface area contributed by atoms with Gasteiger partial charge in [0.15, 0.2) is 0 Å². The molecule has 1 N–H and O–H groups in total. The van der Waals surface area contributed by atoms with Crippen molar-refractivity contribution in [2.45, 2.75) is 31.4 Å². The Bertz CT molecular complexity index is 1060. The number of halogens is 1. The topological polar surface area (TPSA) is 85.4 Å². The largest absolute Gasteiger partial charge is 0.457 e. The third-order valence-corrected chi connectivity index (χ3v) is 6.67. The van der Waals surface area contributed by atoms with Crippen LogP contribution in [0.2, 0.25) is 5.02 Å². The van der Waals surface area contributed by atoms with E-state index in [1.807, 2.05) is 24.3 Å². The second-order valence-electron chi connectivity index (χ2n) is 6.48. The monoisotopic (exact) mass is 438 g/mol. The zero-order chi connectivity index (χ0) is 20.3. The van der Waals surface area contributed by atoms with Gasteiger partial charge in [-0.15, -0.1) is 11.3 Å². The number of sulfonamides is 1. The van der Waals surface area contributed by atoms with Crippen molar-refractivity contribution in [1.82, 2.24) is 9.71 Å². The minimum Gasteiger partial charge on any atom is -0.457 e. The number of nitrogens with zero attached hydrogens (tertiary/aromatic N) is 1. The maximum atomic E-state index is 12.6. The quantitative estimate of drug-likeness (QED) is 0.563. The normalized spacial score (nSPS) is 13.0. The highest BCUT2D eigenvalue weighted by Crippen LogP contribution is 2.22. The minimum absolute atomic E-state index is 0.00961. The molecule has 9 heteroatoms. The summed E-state index contributed by atoms with van der Waals surface area (Å²) in [6, 6.07) is 12.4. The van der Waals surface area contributed by atoms with Gasteiger partial charge in [0.05, 0.1) is 15.1 Å². The average Bonchev–Trinajstić information content (AvgIpc) is 3.07. The molecule has 0 radical (unpaired) electrons.